The van der Waals surface area contributed by atoms with E-state index in [9.17, 15) is 4.39 Å². The van der Waals surface area contributed by atoms with Gasteiger partial charge in [0.25, 0.3) is 0 Å². The Kier molecular flexibility index (Phi) is 3.79. The highest BCUT2D eigenvalue weighted by molar-refractivity contribution is 5.47. The van der Waals surface area contributed by atoms with Crippen molar-refractivity contribution in [2.75, 3.05) is 0 Å². The topological polar surface area (TPSA) is 59.0 Å². The average molecular weight is 256 g/mol. The van der Waals surface area contributed by atoms with Crippen molar-refractivity contribution in [3.8, 4) is 17.6 Å². The third kappa shape index (κ3) is 2.72. The Morgan fingerprint density at radius 1 is 1.21 bits per heavy atom. The van der Waals surface area contributed by atoms with Gasteiger partial charge in [0.1, 0.15) is 11.8 Å². The molecule has 0 fully saturated rings. The average Bonchev–Trinajstić information content (AvgIpc) is 2.41. The lowest BCUT2D eigenvalue weighted by molar-refractivity contribution is 0.431. The summed E-state index contributed by atoms with van der Waals surface area (Å²) >= 11 is 0. The minimum absolute atomic E-state index is 0.0696. The van der Waals surface area contributed by atoms with E-state index in [-0.39, 0.29) is 11.8 Å². The Labute approximate surface area is 111 Å². The van der Waals surface area contributed by atoms with Crippen LogP contribution in [0.15, 0.2) is 42.5 Å². The molecule has 0 saturated carbocycles. The SMILES string of the molecule is C[C@@H](N)c1cccc(F)c1Oc1ccccc1C#N. The van der Waals surface area contributed by atoms with Gasteiger partial charge < -0.3 is 10.5 Å². The van der Waals surface area contributed by atoms with Crippen LogP contribution in [0.25, 0.3) is 0 Å². The molecule has 0 aliphatic rings. The summed E-state index contributed by atoms with van der Waals surface area (Å²) < 4.78 is 19.4. The predicted octanol–water partition coefficient (Wildman–Crippen LogP) is 3.51. The molecule has 0 spiro atoms. The van der Waals surface area contributed by atoms with Crippen molar-refractivity contribution < 1.29 is 9.13 Å². The van der Waals surface area contributed by atoms with Gasteiger partial charge >= 0.3 is 0 Å². The zero-order valence-corrected chi connectivity index (χ0v) is 10.4. The van der Waals surface area contributed by atoms with Crippen LogP contribution < -0.4 is 10.5 Å². The molecule has 2 aromatic rings. The second-order valence-electron chi connectivity index (χ2n) is 4.16. The Morgan fingerprint density at radius 3 is 2.63 bits per heavy atom. The van der Waals surface area contributed by atoms with E-state index in [0.717, 1.165) is 0 Å². The Balaban J connectivity index is 2.47. The number of hydrogen-bond donors (Lipinski definition) is 1. The van der Waals surface area contributed by atoms with Gasteiger partial charge in [0, 0.05) is 11.6 Å². The number of hydrogen-bond acceptors (Lipinski definition) is 3. The minimum Gasteiger partial charge on any atom is -0.453 e. The Hall–Kier alpha value is -2.38. The smallest absolute Gasteiger partial charge is 0.167 e. The quantitative estimate of drug-likeness (QED) is 0.914. The standard InChI is InChI=1S/C15H13FN2O/c1-10(18)12-6-4-7-13(16)15(12)19-14-8-3-2-5-11(14)9-17/h2-8,10H,18H2,1H3/t10-/m1/s1. The molecule has 0 amide bonds. The van der Waals surface area contributed by atoms with Crippen molar-refractivity contribution in [1.82, 2.24) is 0 Å². The van der Waals surface area contributed by atoms with Crippen molar-refractivity contribution >= 4 is 0 Å². The predicted molar refractivity (Wildman–Crippen MR) is 70.2 cm³/mol. The molecule has 0 aliphatic carbocycles. The molecule has 2 N–H and O–H groups in total. The molecule has 0 heterocycles. The summed E-state index contributed by atoms with van der Waals surface area (Å²) in [6, 6.07) is 12.9. The van der Waals surface area contributed by atoms with Crippen LogP contribution in [0.2, 0.25) is 0 Å². The number of benzene rings is 2. The third-order valence-electron chi connectivity index (χ3n) is 2.71. The van der Waals surface area contributed by atoms with Gasteiger partial charge in [-0.1, -0.05) is 24.3 Å². The molecule has 0 saturated heterocycles. The van der Waals surface area contributed by atoms with Crippen LogP contribution in [0.5, 0.6) is 11.5 Å². The van der Waals surface area contributed by atoms with Crippen molar-refractivity contribution in [3.05, 3.63) is 59.4 Å². The van der Waals surface area contributed by atoms with E-state index in [4.69, 9.17) is 15.7 Å². The van der Waals surface area contributed by atoms with Crippen LogP contribution in [-0.2, 0) is 0 Å². The van der Waals surface area contributed by atoms with Gasteiger partial charge in [0.15, 0.2) is 11.6 Å². The van der Waals surface area contributed by atoms with Crippen LogP contribution >= 0.6 is 0 Å². The van der Waals surface area contributed by atoms with Gasteiger partial charge in [-0.2, -0.15) is 5.26 Å². The maximum absolute atomic E-state index is 13.9. The van der Waals surface area contributed by atoms with Gasteiger partial charge in [-0.25, -0.2) is 4.39 Å². The van der Waals surface area contributed by atoms with E-state index in [1.807, 2.05) is 6.07 Å². The molecule has 1 atom stereocenters. The highest BCUT2D eigenvalue weighted by Gasteiger charge is 2.15. The largest absolute Gasteiger partial charge is 0.453 e. The first kappa shape index (κ1) is 13.1. The third-order valence-corrected chi connectivity index (χ3v) is 2.71. The number of rotatable bonds is 3. The number of nitriles is 1. The number of para-hydroxylation sites is 2. The van der Waals surface area contributed by atoms with Crippen LogP contribution in [0.1, 0.15) is 24.1 Å². The summed E-state index contributed by atoms with van der Waals surface area (Å²) in [7, 11) is 0. The highest BCUT2D eigenvalue weighted by Crippen LogP contribution is 2.32. The minimum atomic E-state index is -0.498. The number of halogens is 1. The fourth-order valence-electron chi connectivity index (χ4n) is 1.75. The van der Waals surface area contributed by atoms with Gasteiger partial charge in [-0.05, 0) is 25.1 Å². The summed E-state index contributed by atoms with van der Waals surface area (Å²) in [6.07, 6.45) is 0. The van der Waals surface area contributed by atoms with E-state index < -0.39 is 5.82 Å². The second-order valence-corrected chi connectivity index (χ2v) is 4.16. The lowest BCUT2D eigenvalue weighted by Gasteiger charge is -2.15. The highest BCUT2D eigenvalue weighted by atomic mass is 19.1. The zero-order chi connectivity index (χ0) is 13.8. The second kappa shape index (κ2) is 5.51. The molecule has 2 aromatic carbocycles. The maximum Gasteiger partial charge on any atom is 0.167 e. The molecular formula is C15H13FN2O. The molecule has 0 radical (unpaired) electrons. The van der Waals surface area contributed by atoms with E-state index in [1.165, 1.54) is 6.07 Å². The lowest BCUT2D eigenvalue weighted by atomic mass is 10.1. The van der Waals surface area contributed by atoms with Gasteiger partial charge in [-0.15, -0.1) is 0 Å². The van der Waals surface area contributed by atoms with Crippen molar-refractivity contribution in [2.45, 2.75) is 13.0 Å². The van der Waals surface area contributed by atoms with Gasteiger partial charge in [-0.3, -0.25) is 0 Å². The van der Waals surface area contributed by atoms with Crippen LogP contribution in [0, 0.1) is 17.1 Å². The van der Waals surface area contributed by atoms with E-state index >= 15 is 0 Å². The molecule has 0 unspecified atom stereocenters. The molecule has 0 aromatic heterocycles. The fraction of sp³-hybridized carbons (Fsp3) is 0.133. The summed E-state index contributed by atoms with van der Waals surface area (Å²) in [4.78, 5) is 0. The summed E-state index contributed by atoms with van der Waals surface area (Å²) in [5.41, 5.74) is 6.71. The molecular weight excluding hydrogens is 243 g/mol. The lowest BCUT2D eigenvalue weighted by Crippen LogP contribution is -2.08. The van der Waals surface area contributed by atoms with E-state index in [1.54, 1.807) is 43.3 Å². The van der Waals surface area contributed by atoms with Crippen LogP contribution in [-0.4, -0.2) is 0 Å². The van der Waals surface area contributed by atoms with Gasteiger partial charge in [0.2, 0.25) is 0 Å². The molecule has 3 nitrogen and oxygen atoms in total. The molecule has 0 bridgehead atoms. The molecule has 96 valence electrons. The number of nitrogens with zero attached hydrogens (tertiary/aromatic N) is 1. The summed E-state index contributed by atoms with van der Waals surface area (Å²) in [6.45, 7) is 1.75. The first-order chi connectivity index (χ1) is 9.13. The normalized spacial score (nSPS) is 11.7. The van der Waals surface area contributed by atoms with Crippen molar-refractivity contribution in [3.63, 3.8) is 0 Å². The number of nitrogens with two attached hydrogens (primary N) is 1. The monoisotopic (exact) mass is 256 g/mol. The Bertz CT molecular complexity index is 632. The first-order valence-corrected chi connectivity index (χ1v) is 5.84. The van der Waals surface area contributed by atoms with E-state index in [0.29, 0.717) is 16.9 Å². The van der Waals surface area contributed by atoms with Crippen LogP contribution in [0.4, 0.5) is 4.39 Å². The van der Waals surface area contributed by atoms with Gasteiger partial charge in [0.05, 0.1) is 5.56 Å². The maximum atomic E-state index is 13.9. The summed E-state index contributed by atoms with van der Waals surface area (Å²) in [5, 5.41) is 9.00. The first-order valence-electron chi connectivity index (χ1n) is 5.84. The van der Waals surface area contributed by atoms with Crippen molar-refractivity contribution in [1.29, 1.82) is 5.26 Å². The fourth-order valence-corrected chi connectivity index (χ4v) is 1.75. The molecule has 0 aliphatic heterocycles. The number of ether oxygens (including phenoxy) is 1. The summed E-state index contributed by atoms with van der Waals surface area (Å²) in [5.74, 6) is -0.111. The van der Waals surface area contributed by atoms with Crippen molar-refractivity contribution in [2.24, 2.45) is 5.73 Å². The Morgan fingerprint density at radius 2 is 1.95 bits per heavy atom. The molecule has 4 heteroatoms. The van der Waals surface area contributed by atoms with E-state index in [2.05, 4.69) is 0 Å². The molecule has 19 heavy (non-hydrogen) atoms. The zero-order valence-electron chi connectivity index (χ0n) is 10.4. The molecule has 2 rings (SSSR count). The van der Waals surface area contributed by atoms with Crippen LogP contribution in [0.3, 0.4) is 0 Å².